The lowest BCUT2D eigenvalue weighted by atomic mass is 10.1. The molecule has 2 heteroatoms. The van der Waals surface area contributed by atoms with Crippen molar-refractivity contribution in [1.82, 2.24) is 0 Å². The first kappa shape index (κ1) is 10.2. The average molecular weight is 207 g/mol. The first-order valence-corrected chi connectivity index (χ1v) is 9.35. The van der Waals surface area contributed by atoms with Crippen molar-refractivity contribution in [2.45, 2.75) is 51.7 Å². The fraction of sp³-hybridized carbons (Fsp3) is 0.750. The highest BCUT2D eigenvalue weighted by molar-refractivity contribution is 7.06. The van der Waals surface area contributed by atoms with Crippen LogP contribution in [0, 0.1) is 0 Å². The van der Waals surface area contributed by atoms with E-state index in [1.54, 1.807) is 11.1 Å². The van der Waals surface area contributed by atoms with E-state index in [9.17, 15) is 0 Å². The van der Waals surface area contributed by atoms with Gasteiger partial charge in [-0.25, -0.2) is 0 Å². The molecule has 0 bridgehead atoms. The van der Waals surface area contributed by atoms with Crippen LogP contribution >= 0.6 is 0 Å². The van der Waals surface area contributed by atoms with Crippen molar-refractivity contribution in [3.63, 3.8) is 0 Å². The van der Waals surface area contributed by atoms with Gasteiger partial charge < -0.3 is 0 Å². The number of nitrogens with zero attached hydrogens (tertiary/aromatic N) is 1. The molecule has 0 unspecified atom stereocenters. The smallest absolute Gasteiger partial charge is 0.101 e. The molecular formula is C12H21NSi. The molecule has 0 amide bonds. The van der Waals surface area contributed by atoms with E-state index in [1.807, 2.05) is 0 Å². The van der Waals surface area contributed by atoms with Crippen LogP contribution in [0.1, 0.15) is 32.1 Å². The van der Waals surface area contributed by atoms with Crippen LogP contribution in [-0.4, -0.2) is 20.0 Å². The summed E-state index contributed by atoms with van der Waals surface area (Å²) in [5.74, 6) is 0. The van der Waals surface area contributed by atoms with Crippen molar-refractivity contribution in [2.75, 3.05) is 6.54 Å². The second-order valence-corrected chi connectivity index (χ2v) is 10.5. The molecule has 1 aliphatic carbocycles. The predicted molar refractivity (Wildman–Crippen MR) is 65.8 cm³/mol. The molecule has 0 atom stereocenters. The Balaban J connectivity index is 2.26. The predicted octanol–water partition coefficient (Wildman–Crippen LogP) is 3.58. The molecule has 78 valence electrons. The topological polar surface area (TPSA) is 12.4 Å². The highest BCUT2D eigenvalue weighted by atomic mass is 28.3. The minimum atomic E-state index is -1.16. The van der Waals surface area contributed by atoms with Gasteiger partial charge in [0, 0.05) is 5.33 Å². The van der Waals surface area contributed by atoms with Crippen LogP contribution in [0.15, 0.2) is 16.1 Å². The molecule has 0 aromatic rings. The van der Waals surface area contributed by atoms with Crippen molar-refractivity contribution in [3.05, 3.63) is 11.1 Å². The zero-order chi connectivity index (χ0) is 10.2. The van der Waals surface area contributed by atoms with Crippen molar-refractivity contribution in [2.24, 2.45) is 4.99 Å². The lowest BCUT2D eigenvalue weighted by Gasteiger charge is -2.19. The summed E-state index contributed by atoms with van der Waals surface area (Å²) in [6.07, 6.45) is 6.85. The largest absolute Gasteiger partial charge is 0.290 e. The number of aliphatic imine (C=N–C) groups is 1. The van der Waals surface area contributed by atoms with Crippen molar-refractivity contribution >= 4 is 13.4 Å². The van der Waals surface area contributed by atoms with Crippen molar-refractivity contribution in [1.29, 1.82) is 0 Å². The van der Waals surface area contributed by atoms with Gasteiger partial charge in [-0.05, 0) is 36.8 Å². The molecule has 2 aliphatic rings. The maximum Gasteiger partial charge on any atom is 0.101 e. The van der Waals surface area contributed by atoms with Crippen LogP contribution in [0.2, 0.25) is 19.6 Å². The molecule has 2 rings (SSSR count). The Morgan fingerprint density at radius 1 is 1.00 bits per heavy atom. The summed E-state index contributed by atoms with van der Waals surface area (Å²) in [7, 11) is -1.16. The lowest BCUT2D eigenvalue weighted by molar-refractivity contribution is 0.705. The van der Waals surface area contributed by atoms with Gasteiger partial charge in [0.05, 0.1) is 6.54 Å². The highest BCUT2D eigenvalue weighted by Crippen LogP contribution is 2.31. The lowest BCUT2D eigenvalue weighted by Crippen LogP contribution is -2.34. The fourth-order valence-corrected chi connectivity index (χ4v) is 4.33. The number of allylic oxidation sites excluding steroid dienone is 1. The van der Waals surface area contributed by atoms with Gasteiger partial charge in [0.2, 0.25) is 0 Å². The quantitative estimate of drug-likeness (QED) is 0.583. The first-order chi connectivity index (χ1) is 6.59. The average Bonchev–Trinajstić information content (AvgIpc) is 2.36. The maximum atomic E-state index is 4.80. The molecule has 14 heavy (non-hydrogen) atoms. The van der Waals surface area contributed by atoms with Crippen molar-refractivity contribution in [3.8, 4) is 0 Å². The molecule has 0 saturated heterocycles. The standard InChI is InChI=1S/C12H21NSi/c1-14(2,3)12-11-8-6-4-5-7-10(11)9-13-12/h4-9H2,1-3H3. The van der Waals surface area contributed by atoms with Gasteiger partial charge in [-0.2, -0.15) is 0 Å². The summed E-state index contributed by atoms with van der Waals surface area (Å²) in [5.41, 5.74) is 3.36. The van der Waals surface area contributed by atoms with E-state index in [2.05, 4.69) is 19.6 Å². The van der Waals surface area contributed by atoms with Gasteiger partial charge in [0.1, 0.15) is 8.07 Å². The molecule has 0 saturated carbocycles. The Hall–Kier alpha value is -0.373. The van der Waals surface area contributed by atoms with Crippen LogP contribution in [0.25, 0.3) is 0 Å². The molecule has 0 radical (unpaired) electrons. The van der Waals surface area contributed by atoms with Gasteiger partial charge >= 0.3 is 0 Å². The molecule has 0 fully saturated rings. The SMILES string of the molecule is C[Si](C)(C)C1=NCC2=C1CCCCC2. The minimum absolute atomic E-state index is 1.04. The highest BCUT2D eigenvalue weighted by Gasteiger charge is 2.30. The van der Waals surface area contributed by atoms with Gasteiger partial charge in [-0.1, -0.05) is 26.1 Å². The molecular weight excluding hydrogens is 186 g/mol. The summed E-state index contributed by atoms with van der Waals surface area (Å²) in [6, 6.07) is 0. The van der Waals surface area contributed by atoms with Crippen LogP contribution in [0.3, 0.4) is 0 Å². The summed E-state index contributed by atoms with van der Waals surface area (Å²) in [6.45, 7) is 8.31. The van der Waals surface area contributed by atoms with E-state index < -0.39 is 8.07 Å². The second-order valence-electron chi connectivity index (χ2n) is 5.56. The molecule has 0 N–H and O–H groups in total. The Labute approximate surface area is 88.3 Å². The Kier molecular flexibility index (Phi) is 2.65. The maximum absolute atomic E-state index is 4.80. The molecule has 0 aromatic heterocycles. The normalized spacial score (nSPS) is 23.2. The molecule has 0 spiro atoms. The van der Waals surface area contributed by atoms with Crippen LogP contribution in [-0.2, 0) is 0 Å². The number of hydrogen-bond donors (Lipinski definition) is 0. The molecule has 1 heterocycles. The Morgan fingerprint density at radius 3 is 2.43 bits per heavy atom. The fourth-order valence-electron chi connectivity index (χ4n) is 2.56. The van der Waals surface area contributed by atoms with E-state index >= 15 is 0 Å². The van der Waals surface area contributed by atoms with Crippen molar-refractivity contribution < 1.29 is 0 Å². The summed E-state index contributed by atoms with van der Waals surface area (Å²) in [4.78, 5) is 4.80. The molecule has 1 nitrogen and oxygen atoms in total. The molecule has 1 aliphatic heterocycles. The van der Waals surface area contributed by atoms with Gasteiger partial charge in [-0.15, -0.1) is 0 Å². The van der Waals surface area contributed by atoms with Crippen LogP contribution in [0.4, 0.5) is 0 Å². The monoisotopic (exact) mass is 207 g/mol. The third kappa shape index (κ3) is 1.85. The number of rotatable bonds is 1. The van der Waals surface area contributed by atoms with Gasteiger partial charge in [-0.3, -0.25) is 4.99 Å². The minimum Gasteiger partial charge on any atom is -0.290 e. The summed E-state index contributed by atoms with van der Waals surface area (Å²) < 4.78 is 0. The van der Waals surface area contributed by atoms with Crippen LogP contribution < -0.4 is 0 Å². The third-order valence-corrected chi connectivity index (χ3v) is 5.14. The first-order valence-electron chi connectivity index (χ1n) is 5.85. The second kappa shape index (κ2) is 3.65. The zero-order valence-corrected chi connectivity index (χ0v) is 10.7. The number of hydrogen-bond acceptors (Lipinski definition) is 1. The van der Waals surface area contributed by atoms with E-state index in [-0.39, 0.29) is 0 Å². The van der Waals surface area contributed by atoms with E-state index in [1.165, 1.54) is 37.4 Å². The van der Waals surface area contributed by atoms with Gasteiger partial charge in [0.25, 0.3) is 0 Å². The van der Waals surface area contributed by atoms with E-state index in [4.69, 9.17) is 4.99 Å². The van der Waals surface area contributed by atoms with E-state index in [0.29, 0.717) is 0 Å². The zero-order valence-electron chi connectivity index (χ0n) is 9.69. The molecule has 0 aromatic carbocycles. The van der Waals surface area contributed by atoms with Crippen LogP contribution in [0.5, 0.6) is 0 Å². The third-order valence-electron chi connectivity index (χ3n) is 3.26. The Bertz CT molecular complexity index is 294. The summed E-state index contributed by atoms with van der Waals surface area (Å²) >= 11 is 0. The summed E-state index contributed by atoms with van der Waals surface area (Å²) in [5, 5.41) is 1.54. The van der Waals surface area contributed by atoms with E-state index in [0.717, 1.165) is 6.54 Å². The Morgan fingerprint density at radius 2 is 1.71 bits per heavy atom. The van der Waals surface area contributed by atoms with Gasteiger partial charge in [0.15, 0.2) is 0 Å².